The number of nitrogens with two attached hydrogens (primary N) is 1. The minimum atomic E-state index is -4.42. The molecule has 1 heterocycles. The maximum atomic E-state index is 12.9. The van der Waals surface area contributed by atoms with Crippen LogP contribution in [0.3, 0.4) is 0 Å². The van der Waals surface area contributed by atoms with E-state index in [1.807, 2.05) is 6.92 Å². The van der Waals surface area contributed by atoms with Crippen LogP contribution in [0, 0.1) is 6.92 Å². The molecule has 0 saturated carbocycles. The van der Waals surface area contributed by atoms with Gasteiger partial charge in [0.25, 0.3) is 0 Å². The van der Waals surface area contributed by atoms with E-state index in [9.17, 15) is 13.2 Å². The summed E-state index contributed by atoms with van der Waals surface area (Å²) in [6.07, 6.45) is -2.88. The van der Waals surface area contributed by atoms with Crippen molar-refractivity contribution in [2.45, 2.75) is 19.1 Å². The Balaban J connectivity index is 2.48. The number of hydrogen-bond donors (Lipinski definition) is 1. The number of pyridine rings is 1. The number of rotatable bonds is 2. The van der Waals surface area contributed by atoms with Crippen LogP contribution in [0.15, 0.2) is 42.6 Å². The van der Waals surface area contributed by atoms with E-state index in [0.717, 1.165) is 11.6 Å². The first-order valence-corrected chi connectivity index (χ1v) is 5.74. The lowest BCUT2D eigenvalue weighted by Crippen LogP contribution is -2.19. The third-order valence-corrected chi connectivity index (χ3v) is 2.86. The van der Waals surface area contributed by atoms with Crippen molar-refractivity contribution >= 4 is 0 Å². The fraction of sp³-hybridized carbons (Fsp3) is 0.214. The molecule has 0 bridgehead atoms. The average molecular weight is 266 g/mol. The highest BCUT2D eigenvalue weighted by atomic mass is 19.4. The maximum Gasteiger partial charge on any atom is 0.416 e. The molecule has 1 atom stereocenters. The third-order valence-electron chi connectivity index (χ3n) is 2.86. The van der Waals surface area contributed by atoms with Crippen LogP contribution in [0.2, 0.25) is 0 Å². The quantitative estimate of drug-likeness (QED) is 0.904. The van der Waals surface area contributed by atoms with E-state index in [-0.39, 0.29) is 5.56 Å². The normalized spacial score (nSPS) is 13.3. The van der Waals surface area contributed by atoms with E-state index in [0.29, 0.717) is 5.69 Å². The second-order valence-corrected chi connectivity index (χ2v) is 4.32. The van der Waals surface area contributed by atoms with Crippen LogP contribution in [0.4, 0.5) is 13.2 Å². The van der Waals surface area contributed by atoms with Crippen molar-refractivity contribution in [3.8, 4) is 0 Å². The lowest BCUT2D eigenvalue weighted by atomic mass is 9.97. The molecule has 2 rings (SSSR count). The summed E-state index contributed by atoms with van der Waals surface area (Å²) in [6.45, 7) is 1.84. The lowest BCUT2D eigenvalue weighted by Gasteiger charge is -2.18. The van der Waals surface area contributed by atoms with E-state index in [1.54, 1.807) is 24.4 Å². The number of alkyl halides is 3. The van der Waals surface area contributed by atoms with Gasteiger partial charge in [-0.2, -0.15) is 13.2 Å². The number of aryl methyl sites for hydroxylation is 1. The van der Waals surface area contributed by atoms with Gasteiger partial charge in [0.05, 0.1) is 17.3 Å². The molecular formula is C14H13F3N2. The molecule has 0 spiro atoms. The lowest BCUT2D eigenvalue weighted by molar-refractivity contribution is -0.138. The predicted molar refractivity (Wildman–Crippen MR) is 66.4 cm³/mol. The highest BCUT2D eigenvalue weighted by molar-refractivity contribution is 5.37. The van der Waals surface area contributed by atoms with Crippen molar-refractivity contribution in [3.05, 3.63) is 65.0 Å². The second kappa shape index (κ2) is 5.01. The molecule has 1 aromatic heterocycles. The van der Waals surface area contributed by atoms with Crippen LogP contribution in [-0.4, -0.2) is 4.98 Å². The first kappa shape index (κ1) is 13.5. The van der Waals surface area contributed by atoms with E-state index in [4.69, 9.17) is 5.73 Å². The molecule has 0 aliphatic rings. The smallest absolute Gasteiger partial charge is 0.319 e. The number of halogens is 3. The Hall–Kier alpha value is -1.88. The Kier molecular flexibility index (Phi) is 3.57. The van der Waals surface area contributed by atoms with E-state index < -0.39 is 17.8 Å². The molecule has 0 aliphatic heterocycles. The zero-order chi connectivity index (χ0) is 14.0. The molecule has 0 aliphatic carbocycles. The summed E-state index contributed by atoms with van der Waals surface area (Å²) in [4.78, 5) is 4.05. The summed E-state index contributed by atoms with van der Waals surface area (Å²) in [5.41, 5.74) is 6.57. The molecule has 2 nitrogen and oxygen atoms in total. The summed E-state index contributed by atoms with van der Waals surface area (Å²) in [5.74, 6) is 0. The van der Waals surface area contributed by atoms with Gasteiger partial charge in [0.15, 0.2) is 0 Å². The van der Waals surface area contributed by atoms with Crippen LogP contribution in [0.5, 0.6) is 0 Å². The van der Waals surface area contributed by atoms with Gasteiger partial charge in [-0.05, 0) is 36.2 Å². The van der Waals surface area contributed by atoms with Crippen molar-refractivity contribution in [2.75, 3.05) is 0 Å². The first-order chi connectivity index (χ1) is 8.89. The van der Waals surface area contributed by atoms with Crippen LogP contribution in [0.25, 0.3) is 0 Å². The molecule has 0 radical (unpaired) electrons. The van der Waals surface area contributed by atoms with E-state index in [2.05, 4.69) is 4.98 Å². The van der Waals surface area contributed by atoms with Gasteiger partial charge in [-0.3, -0.25) is 4.98 Å². The van der Waals surface area contributed by atoms with Gasteiger partial charge in [-0.25, -0.2) is 0 Å². The minimum Gasteiger partial charge on any atom is -0.319 e. The van der Waals surface area contributed by atoms with Gasteiger partial charge in [0.1, 0.15) is 0 Å². The van der Waals surface area contributed by atoms with E-state index in [1.165, 1.54) is 12.1 Å². The van der Waals surface area contributed by atoms with Crippen molar-refractivity contribution in [1.29, 1.82) is 0 Å². The summed E-state index contributed by atoms with van der Waals surface area (Å²) in [6, 6.07) is 7.88. The predicted octanol–water partition coefficient (Wildman–Crippen LogP) is 3.46. The highest BCUT2D eigenvalue weighted by Crippen LogP contribution is 2.35. The molecule has 0 fully saturated rings. The van der Waals surface area contributed by atoms with Gasteiger partial charge in [0, 0.05) is 6.20 Å². The topological polar surface area (TPSA) is 38.9 Å². The van der Waals surface area contributed by atoms with Gasteiger partial charge < -0.3 is 5.73 Å². The summed E-state index contributed by atoms with van der Waals surface area (Å²) in [5, 5.41) is 0. The Labute approximate surface area is 109 Å². The van der Waals surface area contributed by atoms with Gasteiger partial charge in [-0.1, -0.05) is 18.2 Å². The van der Waals surface area contributed by atoms with Crippen LogP contribution in [-0.2, 0) is 6.18 Å². The maximum absolute atomic E-state index is 12.9. The molecule has 0 amide bonds. The molecule has 1 unspecified atom stereocenters. The molecular weight excluding hydrogens is 253 g/mol. The Morgan fingerprint density at radius 2 is 1.84 bits per heavy atom. The second-order valence-electron chi connectivity index (χ2n) is 4.32. The zero-order valence-electron chi connectivity index (χ0n) is 10.3. The van der Waals surface area contributed by atoms with E-state index >= 15 is 0 Å². The summed E-state index contributed by atoms with van der Waals surface area (Å²) in [7, 11) is 0. The Morgan fingerprint density at radius 1 is 1.16 bits per heavy atom. The monoisotopic (exact) mass is 266 g/mol. The zero-order valence-corrected chi connectivity index (χ0v) is 10.3. The van der Waals surface area contributed by atoms with Gasteiger partial charge in [-0.15, -0.1) is 0 Å². The summed E-state index contributed by atoms with van der Waals surface area (Å²) < 4.78 is 38.8. The molecule has 19 heavy (non-hydrogen) atoms. The minimum absolute atomic E-state index is 0.0353. The van der Waals surface area contributed by atoms with Gasteiger partial charge in [0.2, 0.25) is 0 Å². The highest BCUT2D eigenvalue weighted by Gasteiger charge is 2.34. The van der Waals surface area contributed by atoms with Crippen molar-refractivity contribution in [1.82, 2.24) is 4.98 Å². The van der Waals surface area contributed by atoms with Crippen LogP contribution >= 0.6 is 0 Å². The molecule has 2 N–H and O–H groups in total. The third kappa shape index (κ3) is 2.93. The largest absolute Gasteiger partial charge is 0.416 e. The number of benzene rings is 1. The average Bonchev–Trinajstić information content (AvgIpc) is 2.37. The van der Waals surface area contributed by atoms with Crippen molar-refractivity contribution < 1.29 is 13.2 Å². The molecule has 5 heteroatoms. The molecule has 0 saturated heterocycles. The first-order valence-electron chi connectivity index (χ1n) is 5.74. The standard InChI is InChI=1S/C14H13F3N2/c1-9-6-7-19-12(8-9)13(18)10-4-2-3-5-11(10)14(15,16)17/h2-8,13H,18H2,1H3. The molecule has 1 aromatic carbocycles. The SMILES string of the molecule is Cc1ccnc(C(N)c2ccccc2C(F)(F)F)c1. The molecule has 2 aromatic rings. The van der Waals surface area contributed by atoms with Crippen molar-refractivity contribution in [2.24, 2.45) is 5.73 Å². The number of hydrogen-bond acceptors (Lipinski definition) is 2. The number of aromatic nitrogens is 1. The van der Waals surface area contributed by atoms with Crippen LogP contribution < -0.4 is 5.73 Å². The van der Waals surface area contributed by atoms with Crippen LogP contribution in [0.1, 0.15) is 28.4 Å². The van der Waals surface area contributed by atoms with Crippen molar-refractivity contribution in [3.63, 3.8) is 0 Å². The molecule has 100 valence electrons. The Bertz CT molecular complexity index is 579. The Morgan fingerprint density at radius 3 is 2.47 bits per heavy atom. The fourth-order valence-electron chi connectivity index (χ4n) is 1.92. The van der Waals surface area contributed by atoms with Gasteiger partial charge >= 0.3 is 6.18 Å². The summed E-state index contributed by atoms with van der Waals surface area (Å²) >= 11 is 0. The fourth-order valence-corrected chi connectivity index (χ4v) is 1.92. The number of nitrogens with zero attached hydrogens (tertiary/aromatic N) is 1.